The molecular formula is C19H25NO8. The van der Waals surface area contributed by atoms with Crippen LogP contribution in [0.3, 0.4) is 0 Å². The van der Waals surface area contributed by atoms with Gasteiger partial charge in [0.2, 0.25) is 0 Å². The van der Waals surface area contributed by atoms with Crippen molar-refractivity contribution in [3.05, 3.63) is 42.0 Å². The van der Waals surface area contributed by atoms with Gasteiger partial charge in [0, 0.05) is 18.2 Å². The Morgan fingerprint density at radius 2 is 1.89 bits per heavy atom. The summed E-state index contributed by atoms with van der Waals surface area (Å²) in [6.45, 7) is 4.39. The summed E-state index contributed by atoms with van der Waals surface area (Å²) >= 11 is 0. The Morgan fingerprint density at radius 3 is 2.57 bits per heavy atom. The van der Waals surface area contributed by atoms with Crippen LogP contribution in [0.5, 0.6) is 0 Å². The van der Waals surface area contributed by atoms with Crippen LogP contribution in [0.25, 0.3) is 0 Å². The van der Waals surface area contributed by atoms with Gasteiger partial charge in [0.05, 0.1) is 25.7 Å². The van der Waals surface area contributed by atoms with Crippen molar-refractivity contribution < 1.29 is 38.8 Å². The largest absolute Gasteiger partial charge is 0.465 e. The zero-order chi connectivity index (χ0) is 20.9. The Balaban J connectivity index is 2.50. The molecule has 0 saturated carbocycles. The molecule has 0 aliphatic rings. The molecule has 0 aromatic heterocycles. The van der Waals surface area contributed by atoms with Crippen LogP contribution in [0.4, 0.5) is 10.5 Å². The quantitative estimate of drug-likeness (QED) is 0.220. The van der Waals surface area contributed by atoms with Gasteiger partial charge in [-0.1, -0.05) is 18.7 Å². The fourth-order valence-corrected chi connectivity index (χ4v) is 2.10. The highest BCUT2D eigenvalue weighted by molar-refractivity contribution is 5.86. The first-order chi connectivity index (χ1) is 13.4. The minimum absolute atomic E-state index is 0.000299. The molecule has 0 spiro atoms. The predicted octanol–water partition coefficient (Wildman–Crippen LogP) is 1.10. The normalized spacial score (nSPS) is 11.2. The molecule has 0 bridgehead atoms. The standard InChI is InChI=1S/C19H25NO8/c1-3-17(23)27-9-10-28-19(25)20-16-6-4-5-14(13(16)2)11-18(24)26-8-7-15(22)12-21/h3-6,15,21-22H,1,7-12H2,2H3,(H,20,25). The van der Waals surface area contributed by atoms with Gasteiger partial charge in [-0.15, -0.1) is 0 Å². The zero-order valence-corrected chi connectivity index (χ0v) is 15.7. The van der Waals surface area contributed by atoms with E-state index in [0.29, 0.717) is 16.8 Å². The van der Waals surface area contributed by atoms with Crippen molar-refractivity contribution in [1.82, 2.24) is 0 Å². The second kappa shape index (κ2) is 12.5. The predicted molar refractivity (Wildman–Crippen MR) is 99.7 cm³/mol. The van der Waals surface area contributed by atoms with E-state index < -0.39 is 30.7 Å². The topological polar surface area (TPSA) is 131 Å². The molecule has 0 saturated heterocycles. The molecule has 28 heavy (non-hydrogen) atoms. The van der Waals surface area contributed by atoms with Crippen molar-refractivity contribution in [1.29, 1.82) is 0 Å². The second-order valence-corrected chi connectivity index (χ2v) is 5.74. The fourth-order valence-electron chi connectivity index (χ4n) is 2.10. The minimum atomic E-state index is -0.923. The summed E-state index contributed by atoms with van der Waals surface area (Å²) in [5.41, 5.74) is 1.80. The van der Waals surface area contributed by atoms with Gasteiger partial charge in [-0.3, -0.25) is 10.1 Å². The molecule has 1 aromatic rings. The average molecular weight is 395 g/mol. The van der Waals surface area contributed by atoms with E-state index in [1.807, 2.05) is 0 Å². The van der Waals surface area contributed by atoms with Crippen LogP contribution in [-0.2, 0) is 30.2 Å². The molecule has 9 heteroatoms. The van der Waals surface area contributed by atoms with Crippen LogP contribution in [0.15, 0.2) is 30.9 Å². The summed E-state index contributed by atoms with van der Waals surface area (Å²) in [6, 6.07) is 5.05. The van der Waals surface area contributed by atoms with E-state index in [9.17, 15) is 19.5 Å². The lowest BCUT2D eigenvalue weighted by Gasteiger charge is -2.13. The van der Waals surface area contributed by atoms with Gasteiger partial charge in [-0.05, 0) is 24.1 Å². The summed E-state index contributed by atoms with van der Waals surface area (Å²) in [7, 11) is 0. The average Bonchev–Trinajstić information content (AvgIpc) is 2.67. The van der Waals surface area contributed by atoms with Gasteiger partial charge in [-0.25, -0.2) is 9.59 Å². The van der Waals surface area contributed by atoms with Crippen LogP contribution in [0.1, 0.15) is 17.5 Å². The van der Waals surface area contributed by atoms with Crippen molar-refractivity contribution >= 4 is 23.7 Å². The molecule has 0 fully saturated rings. The number of anilines is 1. The lowest BCUT2D eigenvalue weighted by molar-refractivity contribution is -0.143. The molecule has 1 amide bonds. The number of aliphatic hydroxyl groups is 2. The van der Waals surface area contributed by atoms with Crippen LogP contribution in [0, 0.1) is 6.92 Å². The van der Waals surface area contributed by atoms with Gasteiger partial charge in [0.1, 0.15) is 13.2 Å². The van der Waals surface area contributed by atoms with Crippen molar-refractivity contribution in [2.75, 3.05) is 31.7 Å². The minimum Gasteiger partial charge on any atom is -0.465 e. The molecule has 0 radical (unpaired) electrons. The van der Waals surface area contributed by atoms with E-state index >= 15 is 0 Å². The first-order valence-electron chi connectivity index (χ1n) is 8.63. The highest BCUT2D eigenvalue weighted by Gasteiger charge is 2.13. The number of carbonyl (C=O) groups is 3. The number of hydrogen-bond acceptors (Lipinski definition) is 8. The van der Waals surface area contributed by atoms with Crippen LogP contribution in [0.2, 0.25) is 0 Å². The second-order valence-electron chi connectivity index (χ2n) is 5.74. The molecule has 1 aromatic carbocycles. The third kappa shape index (κ3) is 8.65. The number of benzene rings is 1. The molecule has 1 rings (SSSR count). The number of ether oxygens (including phenoxy) is 3. The van der Waals surface area contributed by atoms with E-state index in [2.05, 4.69) is 16.6 Å². The highest BCUT2D eigenvalue weighted by atomic mass is 16.6. The van der Waals surface area contributed by atoms with E-state index in [4.69, 9.17) is 14.6 Å². The Hall–Kier alpha value is -2.91. The summed E-state index contributed by atoms with van der Waals surface area (Å²) in [5, 5.41) is 20.5. The third-order valence-corrected chi connectivity index (χ3v) is 3.67. The van der Waals surface area contributed by atoms with E-state index in [0.717, 1.165) is 6.08 Å². The number of hydrogen-bond donors (Lipinski definition) is 3. The Bertz CT molecular complexity index is 689. The lowest BCUT2D eigenvalue weighted by Crippen LogP contribution is -2.19. The smallest absolute Gasteiger partial charge is 0.411 e. The number of nitrogens with one attached hydrogen (secondary N) is 1. The Kier molecular flexibility index (Phi) is 10.3. The SMILES string of the molecule is C=CC(=O)OCCOC(=O)Nc1cccc(CC(=O)OCCC(O)CO)c1C. The molecule has 0 aliphatic carbocycles. The number of carbonyl (C=O) groups excluding carboxylic acids is 3. The first-order valence-corrected chi connectivity index (χ1v) is 8.63. The third-order valence-electron chi connectivity index (χ3n) is 3.67. The monoisotopic (exact) mass is 395 g/mol. The van der Waals surface area contributed by atoms with Crippen molar-refractivity contribution in [2.45, 2.75) is 25.9 Å². The molecule has 1 atom stereocenters. The van der Waals surface area contributed by atoms with Crippen molar-refractivity contribution in [3.8, 4) is 0 Å². The zero-order valence-electron chi connectivity index (χ0n) is 15.7. The maximum Gasteiger partial charge on any atom is 0.411 e. The molecule has 9 nitrogen and oxygen atoms in total. The van der Waals surface area contributed by atoms with Crippen LogP contribution < -0.4 is 5.32 Å². The maximum absolute atomic E-state index is 11.9. The van der Waals surface area contributed by atoms with Gasteiger partial charge in [-0.2, -0.15) is 0 Å². The number of amides is 1. The van der Waals surface area contributed by atoms with Crippen LogP contribution in [-0.4, -0.2) is 60.8 Å². The molecule has 0 aliphatic heterocycles. The van der Waals surface area contributed by atoms with Crippen molar-refractivity contribution in [2.24, 2.45) is 0 Å². The molecule has 154 valence electrons. The van der Waals surface area contributed by atoms with Gasteiger partial charge in [0.25, 0.3) is 0 Å². The Morgan fingerprint density at radius 1 is 1.18 bits per heavy atom. The molecule has 1 unspecified atom stereocenters. The molecule has 3 N–H and O–H groups in total. The summed E-state index contributed by atoms with van der Waals surface area (Å²) in [5.74, 6) is -1.10. The summed E-state index contributed by atoms with van der Waals surface area (Å²) < 4.78 is 14.6. The molecular weight excluding hydrogens is 370 g/mol. The van der Waals surface area contributed by atoms with E-state index in [1.54, 1.807) is 25.1 Å². The number of esters is 2. The first kappa shape index (κ1) is 23.1. The van der Waals surface area contributed by atoms with Crippen LogP contribution >= 0.6 is 0 Å². The number of rotatable bonds is 11. The summed E-state index contributed by atoms with van der Waals surface area (Å²) in [6.07, 6.45) is -0.502. The fraction of sp³-hybridized carbons (Fsp3) is 0.421. The van der Waals surface area contributed by atoms with Crippen molar-refractivity contribution in [3.63, 3.8) is 0 Å². The van der Waals surface area contributed by atoms with Gasteiger partial charge >= 0.3 is 18.0 Å². The van der Waals surface area contributed by atoms with Gasteiger partial charge < -0.3 is 24.4 Å². The molecule has 0 heterocycles. The van der Waals surface area contributed by atoms with E-state index in [-0.39, 0.29) is 32.7 Å². The lowest BCUT2D eigenvalue weighted by atomic mass is 10.0. The summed E-state index contributed by atoms with van der Waals surface area (Å²) in [4.78, 5) is 34.6. The van der Waals surface area contributed by atoms with Gasteiger partial charge in [0.15, 0.2) is 0 Å². The maximum atomic E-state index is 11.9. The van der Waals surface area contributed by atoms with E-state index in [1.165, 1.54) is 0 Å². The Labute approximate surface area is 162 Å². The number of aliphatic hydroxyl groups excluding tert-OH is 2. The highest BCUT2D eigenvalue weighted by Crippen LogP contribution is 2.20.